The summed E-state index contributed by atoms with van der Waals surface area (Å²) in [7, 11) is 0. The Bertz CT molecular complexity index is 494. The van der Waals surface area contributed by atoms with Gasteiger partial charge in [0.1, 0.15) is 0 Å². The smallest absolute Gasteiger partial charge is 0.329 e. The van der Waals surface area contributed by atoms with E-state index < -0.39 is 18.0 Å². The quantitative estimate of drug-likeness (QED) is 0.768. The average molecular weight is 353 g/mol. The lowest BCUT2D eigenvalue weighted by molar-refractivity contribution is -0.134. The predicted octanol–water partition coefficient (Wildman–Crippen LogP) is 4.31. The summed E-state index contributed by atoms with van der Waals surface area (Å²) in [5, 5.41) is 2.77. The Hall–Kier alpha value is -1.27. The normalized spacial score (nSPS) is 11.7. The lowest BCUT2D eigenvalue weighted by Crippen LogP contribution is -2.41. The van der Waals surface area contributed by atoms with Crippen LogP contribution in [0.5, 0.6) is 0 Å². The summed E-state index contributed by atoms with van der Waals surface area (Å²) in [5.74, 6) is -0.187. The standard InChI is InChI=1S/C16H23F3N2O.ClH/c1-3-15(4-2,11-20)14(22)21-13-7-5-6-12(10-13)8-9-16(17,18)19;/h5-7,10H,3-4,8-9,11,20H2,1-2H3,(H,21,22);1H. The molecule has 23 heavy (non-hydrogen) atoms. The van der Waals surface area contributed by atoms with Gasteiger partial charge in [-0.1, -0.05) is 26.0 Å². The summed E-state index contributed by atoms with van der Waals surface area (Å²) in [6.45, 7) is 4.03. The van der Waals surface area contributed by atoms with Crippen LogP contribution in [0.4, 0.5) is 18.9 Å². The molecule has 1 aromatic rings. The van der Waals surface area contributed by atoms with Crippen molar-refractivity contribution in [1.82, 2.24) is 0 Å². The number of nitrogens with one attached hydrogen (secondary N) is 1. The Morgan fingerprint density at radius 2 is 1.83 bits per heavy atom. The Morgan fingerprint density at radius 3 is 2.30 bits per heavy atom. The highest BCUT2D eigenvalue weighted by molar-refractivity contribution is 5.95. The summed E-state index contributed by atoms with van der Waals surface area (Å²) in [5.41, 5.74) is 6.13. The van der Waals surface area contributed by atoms with Crippen LogP contribution in [0.3, 0.4) is 0 Å². The molecule has 1 rings (SSSR count). The van der Waals surface area contributed by atoms with Crippen molar-refractivity contribution in [2.75, 3.05) is 11.9 Å². The van der Waals surface area contributed by atoms with Gasteiger partial charge in [0.2, 0.25) is 5.91 Å². The fourth-order valence-corrected chi connectivity index (χ4v) is 2.31. The molecule has 0 fully saturated rings. The zero-order valence-corrected chi connectivity index (χ0v) is 14.2. The number of amides is 1. The van der Waals surface area contributed by atoms with Gasteiger partial charge in [-0.15, -0.1) is 12.4 Å². The summed E-state index contributed by atoms with van der Waals surface area (Å²) >= 11 is 0. The van der Waals surface area contributed by atoms with Gasteiger partial charge in [-0.05, 0) is 37.0 Å². The van der Waals surface area contributed by atoms with Crippen LogP contribution in [-0.4, -0.2) is 18.6 Å². The van der Waals surface area contributed by atoms with Gasteiger partial charge < -0.3 is 11.1 Å². The average Bonchev–Trinajstić information content (AvgIpc) is 2.47. The van der Waals surface area contributed by atoms with E-state index in [2.05, 4.69) is 5.32 Å². The van der Waals surface area contributed by atoms with Crippen molar-refractivity contribution in [2.24, 2.45) is 11.1 Å². The van der Waals surface area contributed by atoms with Crippen LogP contribution in [0, 0.1) is 5.41 Å². The van der Waals surface area contributed by atoms with Crippen molar-refractivity contribution in [2.45, 2.75) is 45.7 Å². The predicted molar refractivity (Wildman–Crippen MR) is 88.8 cm³/mol. The molecule has 0 saturated carbocycles. The Balaban J connectivity index is 0.00000484. The molecule has 0 aromatic heterocycles. The fourth-order valence-electron chi connectivity index (χ4n) is 2.31. The van der Waals surface area contributed by atoms with E-state index in [4.69, 9.17) is 5.73 Å². The molecule has 0 heterocycles. The second-order valence-corrected chi connectivity index (χ2v) is 5.46. The molecular weight excluding hydrogens is 329 g/mol. The van der Waals surface area contributed by atoms with Gasteiger partial charge in [-0.3, -0.25) is 4.79 Å². The molecule has 0 aliphatic heterocycles. The van der Waals surface area contributed by atoms with Gasteiger partial charge in [0, 0.05) is 18.7 Å². The molecule has 0 unspecified atom stereocenters. The van der Waals surface area contributed by atoms with E-state index in [-0.39, 0.29) is 31.3 Å². The molecule has 0 radical (unpaired) electrons. The molecular formula is C16H24ClF3N2O. The number of carbonyl (C=O) groups is 1. The topological polar surface area (TPSA) is 55.1 Å². The minimum atomic E-state index is -4.18. The third-order valence-electron chi connectivity index (χ3n) is 4.11. The number of hydrogen-bond donors (Lipinski definition) is 2. The third-order valence-corrected chi connectivity index (χ3v) is 4.11. The molecule has 0 spiro atoms. The van der Waals surface area contributed by atoms with Gasteiger partial charge in [0.05, 0.1) is 5.41 Å². The SMILES string of the molecule is CCC(CC)(CN)C(=O)Nc1cccc(CCC(F)(F)F)c1.Cl. The number of benzene rings is 1. The van der Waals surface area contributed by atoms with Crippen molar-refractivity contribution in [1.29, 1.82) is 0 Å². The van der Waals surface area contributed by atoms with Crippen LogP contribution in [0.15, 0.2) is 24.3 Å². The summed E-state index contributed by atoms with van der Waals surface area (Å²) in [4.78, 5) is 12.4. The van der Waals surface area contributed by atoms with Gasteiger partial charge in [0.15, 0.2) is 0 Å². The van der Waals surface area contributed by atoms with Crippen molar-refractivity contribution >= 4 is 24.0 Å². The van der Waals surface area contributed by atoms with E-state index >= 15 is 0 Å². The van der Waals surface area contributed by atoms with E-state index in [0.29, 0.717) is 24.1 Å². The van der Waals surface area contributed by atoms with Crippen molar-refractivity contribution in [3.8, 4) is 0 Å². The molecule has 3 N–H and O–H groups in total. The van der Waals surface area contributed by atoms with E-state index in [9.17, 15) is 18.0 Å². The van der Waals surface area contributed by atoms with Crippen LogP contribution in [0.1, 0.15) is 38.7 Å². The Morgan fingerprint density at radius 1 is 1.22 bits per heavy atom. The molecule has 0 saturated heterocycles. The highest BCUT2D eigenvalue weighted by Gasteiger charge is 2.33. The number of carbonyl (C=O) groups excluding carboxylic acids is 1. The first-order valence-electron chi connectivity index (χ1n) is 7.43. The first-order chi connectivity index (χ1) is 10.3. The number of aryl methyl sites for hydroxylation is 1. The van der Waals surface area contributed by atoms with Gasteiger partial charge in [-0.2, -0.15) is 13.2 Å². The maximum absolute atomic E-state index is 12.4. The number of rotatable bonds is 7. The molecule has 132 valence electrons. The number of hydrogen-bond acceptors (Lipinski definition) is 2. The Labute approximate surface area is 141 Å². The maximum Gasteiger partial charge on any atom is 0.389 e. The van der Waals surface area contributed by atoms with Crippen molar-refractivity contribution in [3.05, 3.63) is 29.8 Å². The van der Waals surface area contributed by atoms with Crippen LogP contribution < -0.4 is 11.1 Å². The van der Waals surface area contributed by atoms with Crippen LogP contribution >= 0.6 is 12.4 Å². The minimum absolute atomic E-state index is 0. The van der Waals surface area contributed by atoms with E-state index in [1.807, 2.05) is 13.8 Å². The third kappa shape index (κ3) is 6.39. The molecule has 0 aliphatic rings. The molecule has 1 amide bonds. The zero-order valence-electron chi connectivity index (χ0n) is 13.4. The molecule has 3 nitrogen and oxygen atoms in total. The summed E-state index contributed by atoms with van der Waals surface area (Å²) in [6.07, 6.45) is -3.94. The van der Waals surface area contributed by atoms with E-state index in [0.717, 1.165) is 0 Å². The number of halogens is 4. The van der Waals surface area contributed by atoms with Gasteiger partial charge in [0.25, 0.3) is 0 Å². The maximum atomic E-state index is 12.4. The van der Waals surface area contributed by atoms with Gasteiger partial charge in [-0.25, -0.2) is 0 Å². The van der Waals surface area contributed by atoms with E-state index in [1.165, 1.54) is 0 Å². The first-order valence-corrected chi connectivity index (χ1v) is 7.43. The van der Waals surface area contributed by atoms with Crippen LogP contribution in [0.2, 0.25) is 0 Å². The summed E-state index contributed by atoms with van der Waals surface area (Å²) < 4.78 is 36.8. The molecule has 7 heteroatoms. The summed E-state index contributed by atoms with van der Waals surface area (Å²) in [6, 6.07) is 6.51. The first kappa shape index (κ1) is 21.7. The fraction of sp³-hybridized carbons (Fsp3) is 0.562. The molecule has 0 aliphatic carbocycles. The monoisotopic (exact) mass is 352 g/mol. The molecule has 0 atom stereocenters. The van der Waals surface area contributed by atoms with Crippen molar-refractivity contribution in [3.63, 3.8) is 0 Å². The highest BCUT2D eigenvalue weighted by Crippen LogP contribution is 2.27. The number of anilines is 1. The molecule has 0 bridgehead atoms. The second-order valence-electron chi connectivity index (χ2n) is 5.46. The zero-order chi connectivity index (χ0) is 16.8. The number of nitrogens with two attached hydrogens (primary N) is 1. The van der Waals surface area contributed by atoms with Crippen molar-refractivity contribution < 1.29 is 18.0 Å². The highest BCUT2D eigenvalue weighted by atomic mass is 35.5. The van der Waals surface area contributed by atoms with Crippen LogP contribution in [-0.2, 0) is 11.2 Å². The van der Waals surface area contributed by atoms with E-state index in [1.54, 1.807) is 24.3 Å². The Kier molecular flexibility index (Phi) is 8.63. The lowest BCUT2D eigenvalue weighted by Gasteiger charge is -2.28. The van der Waals surface area contributed by atoms with Crippen LogP contribution in [0.25, 0.3) is 0 Å². The largest absolute Gasteiger partial charge is 0.389 e. The van der Waals surface area contributed by atoms with Gasteiger partial charge >= 0.3 is 6.18 Å². The minimum Gasteiger partial charge on any atom is -0.329 e. The second kappa shape index (κ2) is 9.13. The molecule has 1 aromatic carbocycles. The number of alkyl halides is 3. The lowest BCUT2D eigenvalue weighted by atomic mass is 9.81.